The molecule has 0 fully saturated rings. The molecule has 4 nitrogen and oxygen atoms in total. The maximum atomic E-state index is 6.05. The van der Waals surface area contributed by atoms with Crippen LogP contribution in [-0.4, -0.2) is 16.7 Å². The van der Waals surface area contributed by atoms with Crippen LogP contribution in [0.1, 0.15) is 11.1 Å². The summed E-state index contributed by atoms with van der Waals surface area (Å²) in [4.78, 5) is 4.43. The molecule has 1 aromatic heterocycles. The van der Waals surface area contributed by atoms with Gasteiger partial charge >= 0.3 is 0 Å². The molecule has 102 valence electrons. The van der Waals surface area contributed by atoms with Crippen LogP contribution in [0.2, 0.25) is 0 Å². The van der Waals surface area contributed by atoms with E-state index in [1.807, 2.05) is 41.8 Å². The number of rotatable bonds is 3. The second-order valence-electron chi connectivity index (χ2n) is 4.85. The highest BCUT2D eigenvalue weighted by atomic mass is 16.5. The highest BCUT2D eigenvalue weighted by Crippen LogP contribution is 2.27. The molecule has 2 N–H and O–H groups in total. The first-order chi connectivity index (χ1) is 9.69. The summed E-state index contributed by atoms with van der Waals surface area (Å²) in [6.45, 7) is 2.71. The quantitative estimate of drug-likeness (QED) is 0.793. The Bertz CT molecular complexity index is 747. The van der Waals surface area contributed by atoms with Crippen molar-refractivity contribution < 1.29 is 4.74 Å². The fourth-order valence-electron chi connectivity index (χ4n) is 2.43. The van der Waals surface area contributed by atoms with Crippen molar-refractivity contribution in [2.75, 3.05) is 12.8 Å². The lowest BCUT2D eigenvalue weighted by Gasteiger charge is -2.08. The molecular weight excluding hydrogens is 250 g/mol. The molecule has 20 heavy (non-hydrogen) atoms. The van der Waals surface area contributed by atoms with Gasteiger partial charge in [0.25, 0.3) is 0 Å². The van der Waals surface area contributed by atoms with Crippen molar-refractivity contribution in [3.63, 3.8) is 0 Å². The molecule has 2 aromatic carbocycles. The molecule has 0 aliphatic carbocycles. The van der Waals surface area contributed by atoms with Crippen molar-refractivity contribution in [1.82, 2.24) is 9.55 Å². The van der Waals surface area contributed by atoms with Crippen LogP contribution in [0.15, 0.2) is 42.5 Å². The van der Waals surface area contributed by atoms with Crippen molar-refractivity contribution in [3.8, 4) is 5.75 Å². The Balaban J connectivity index is 2.12. The topological polar surface area (TPSA) is 53.1 Å². The van der Waals surface area contributed by atoms with Gasteiger partial charge in [-0.25, -0.2) is 4.98 Å². The minimum absolute atomic E-state index is 0.525. The zero-order valence-electron chi connectivity index (χ0n) is 11.6. The van der Waals surface area contributed by atoms with E-state index >= 15 is 0 Å². The Morgan fingerprint density at radius 3 is 2.65 bits per heavy atom. The van der Waals surface area contributed by atoms with Gasteiger partial charge in [0.05, 0.1) is 24.7 Å². The number of methoxy groups -OCH3 is 1. The summed E-state index contributed by atoms with van der Waals surface area (Å²) in [6.07, 6.45) is 0. The number of anilines is 1. The number of nitrogens with zero attached hydrogens (tertiary/aromatic N) is 2. The van der Waals surface area contributed by atoms with E-state index in [1.54, 1.807) is 7.11 Å². The average molecular weight is 267 g/mol. The maximum Gasteiger partial charge on any atom is 0.201 e. The number of hydrogen-bond acceptors (Lipinski definition) is 3. The lowest BCUT2D eigenvalue weighted by molar-refractivity contribution is 0.412. The van der Waals surface area contributed by atoms with Crippen molar-refractivity contribution >= 4 is 17.0 Å². The van der Waals surface area contributed by atoms with E-state index in [0.717, 1.165) is 22.3 Å². The van der Waals surface area contributed by atoms with Crippen molar-refractivity contribution in [3.05, 3.63) is 53.6 Å². The highest BCUT2D eigenvalue weighted by Gasteiger charge is 2.11. The molecule has 0 radical (unpaired) electrons. The van der Waals surface area contributed by atoms with Gasteiger partial charge in [-0.3, -0.25) is 0 Å². The first kappa shape index (κ1) is 12.5. The molecule has 1 heterocycles. The summed E-state index contributed by atoms with van der Waals surface area (Å²) in [5.41, 5.74) is 10.2. The summed E-state index contributed by atoms with van der Waals surface area (Å²) in [5, 5.41) is 0. The van der Waals surface area contributed by atoms with E-state index in [0.29, 0.717) is 12.5 Å². The standard InChI is InChI=1S/C16H17N3O/c1-11-8-13-14(9-15(11)20-2)19(16(17)18-13)10-12-6-4-3-5-7-12/h3-9H,10H2,1-2H3,(H2,17,18). The third-order valence-electron chi connectivity index (χ3n) is 3.48. The third-order valence-corrected chi connectivity index (χ3v) is 3.48. The molecule has 0 bridgehead atoms. The van der Waals surface area contributed by atoms with E-state index in [4.69, 9.17) is 10.5 Å². The van der Waals surface area contributed by atoms with Gasteiger partial charge in [0.1, 0.15) is 5.75 Å². The lowest BCUT2D eigenvalue weighted by Crippen LogP contribution is -2.04. The first-order valence-corrected chi connectivity index (χ1v) is 6.53. The number of imidazole rings is 1. The zero-order chi connectivity index (χ0) is 14.1. The van der Waals surface area contributed by atoms with Crippen LogP contribution in [0.4, 0.5) is 5.95 Å². The summed E-state index contributed by atoms with van der Waals surface area (Å²) >= 11 is 0. The molecule has 3 rings (SSSR count). The van der Waals surface area contributed by atoms with Gasteiger partial charge in [-0.05, 0) is 24.1 Å². The molecule has 4 heteroatoms. The maximum absolute atomic E-state index is 6.05. The molecular formula is C16H17N3O. The van der Waals surface area contributed by atoms with Crippen LogP contribution in [0.5, 0.6) is 5.75 Å². The van der Waals surface area contributed by atoms with E-state index in [9.17, 15) is 0 Å². The van der Waals surface area contributed by atoms with Gasteiger partial charge < -0.3 is 15.0 Å². The van der Waals surface area contributed by atoms with Crippen LogP contribution in [0.3, 0.4) is 0 Å². The van der Waals surface area contributed by atoms with Crippen LogP contribution < -0.4 is 10.5 Å². The number of ether oxygens (including phenoxy) is 1. The van der Waals surface area contributed by atoms with Gasteiger partial charge in [0.15, 0.2) is 0 Å². The summed E-state index contributed by atoms with van der Waals surface area (Å²) in [7, 11) is 1.68. The van der Waals surface area contributed by atoms with E-state index in [2.05, 4.69) is 17.1 Å². The fourth-order valence-corrected chi connectivity index (χ4v) is 2.43. The molecule has 0 saturated carbocycles. The van der Waals surface area contributed by atoms with Crippen LogP contribution in [0, 0.1) is 6.92 Å². The Labute approximate surface area is 117 Å². The predicted molar refractivity (Wildman–Crippen MR) is 81.0 cm³/mol. The SMILES string of the molecule is COc1cc2c(cc1C)nc(N)n2Cc1ccccc1. The smallest absolute Gasteiger partial charge is 0.201 e. The zero-order valence-corrected chi connectivity index (χ0v) is 11.6. The van der Waals surface area contributed by atoms with Gasteiger partial charge in [0.2, 0.25) is 5.95 Å². The second kappa shape index (κ2) is 4.89. The van der Waals surface area contributed by atoms with E-state index in [1.165, 1.54) is 5.56 Å². The van der Waals surface area contributed by atoms with E-state index in [-0.39, 0.29) is 0 Å². The number of fused-ring (bicyclic) bond motifs is 1. The second-order valence-corrected chi connectivity index (χ2v) is 4.85. The Hall–Kier alpha value is -2.49. The van der Waals surface area contributed by atoms with Gasteiger partial charge in [-0.15, -0.1) is 0 Å². The molecule has 3 aromatic rings. The minimum Gasteiger partial charge on any atom is -0.496 e. The largest absolute Gasteiger partial charge is 0.496 e. The number of aromatic nitrogens is 2. The number of nitrogens with two attached hydrogens (primary N) is 1. The van der Waals surface area contributed by atoms with Crippen molar-refractivity contribution in [2.24, 2.45) is 0 Å². The number of hydrogen-bond donors (Lipinski definition) is 1. The summed E-state index contributed by atoms with van der Waals surface area (Å²) in [6, 6.07) is 14.2. The number of benzene rings is 2. The normalized spacial score (nSPS) is 10.9. The molecule has 0 aliphatic heterocycles. The Morgan fingerprint density at radius 2 is 1.95 bits per heavy atom. The fraction of sp³-hybridized carbons (Fsp3) is 0.188. The average Bonchev–Trinajstić information content (AvgIpc) is 2.74. The highest BCUT2D eigenvalue weighted by molar-refractivity contribution is 5.81. The van der Waals surface area contributed by atoms with E-state index < -0.39 is 0 Å². The van der Waals surface area contributed by atoms with Gasteiger partial charge in [-0.1, -0.05) is 30.3 Å². The molecule has 0 aliphatic rings. The van der Waals surface area contributed by atoms with Gasteiger partial charge in [0, 0.05) is 6.07 Å². The predicted octanol–water partition coefficient (Wildman–Crippen LogP) is 2.98. The van der Waals surface area contributed by atoms with Crippen LogP contribution in [0.25, 0.3) is 11.0 Å². The molecule has 0 saturated heterocycles. The monoisotopic (exact) mass is 267 g/mol. The first-order valence-electron chi connectivity index (χ1n) is 6.53. The summed E-state index contributed by atoms with van der Waals surface area (Å²) in [5.74, 6) is 1.38. The number of nitrogen functional groups attached to an aromatic ring is 1. The lowest BCUT2D eigenvalue weighted by atomic mass is 10.2. The third kappa shape index (κ3) is 2.09. The molecule has 0 amide bonds. The van der Waals surface area contributed by atoms with Crippen LogP contribution in [-0.2, 0) is 6.54 Å². The minimum atomic E-state index is 0.525. The molecule has 0 atom stereocenters. The van der Waals surface area contributed by atoms with Crippen molar-refractivity contribution in [1.29, 1.82) is 0 Å². The molecule has 0 spiro atoms. The van der Waals surface area contributed by atoms with Crippen LogP contribution >= 0.6 is 0 Å². The number of aryl methyl sites for hydroxylation is 1. The Kier molecular flexibility index (Phi) is 3.06. The van der Waals surface area contributed by atoms with Gasteiger partial charge in [-0.2, -0.15) is 0 Å². The summed E-state index contributed by atoms with van der Waals surface area (Å²) < 4.78 is 7.39. The Morgan fingerprint density at radius 1 is 1.20 bits per heavy atom. The molecule has 0 unspecified atom stereocenters. The van der Waals surface area contributed by atoms with Crippen molar-refractivity contribution in [2.45, 2.75) is 13.5 Å².